The molecule has 0 saturated carbocycles. The standard InChI is InChI=1S/C20H21ClN2O4/c1-26-16-10-13(11-17(12-16)27-2)20(25)23-9-3-4-18(23)19(24)22-15-7-5-14(21)6-8-15/h5-8,10-12,18H,3-4,9H2,1-2H3,(H,22,24)/t18-/m1/s1. The van der Waals surface area contributed by atoms with E-state index < -0.39 is 6.04 Å². The fraction of sp³-hybridized carbons (Fsp3) is 0.300. The lowest BCUT2D eigenvalue weighted by molar-refractivity contribution is -0.119. The molecule has 0 aliphatic carbocycles. The number of benzene rings is 2. The van der Waals surface area contributed by atoms with E-state index in [1.165, 1.54) is 14.2 Å². The third kappa shape index (κ3) is 4.34. The Kier molecular flexibility index (Phi) is 5.86. The van der Waals surface area contributed by atoms with E-state index in [9.17, 15) is 9.59 Å². The normalized spacial score (nSPS) is 16.1. The summed E-state index contributed by atoms with van der Waals surface area (Å²) in [5.74, 6) is 0.622. The van der Waals surface area contributed by atoms with Crippen LogP contribution in [0.4, 0.5) is 5.69 Å². The summed E-state index contributed by atoms with van der Waals surface area (Å²) in [5, 5.41) is 3.45. The summed E-state index contributed by atoms with van der Waals surface area (Å²) in [6.07, 6.45) is 1.39. The number of methoxy groups -OCH3 is 2. The Bertz CT molecular complexity index is 816. The summed E-state index contributed by atoms with van der Waals surface area (Å²) in [5.41, 5.74) is 1.07. The van der Waals surface area contributed by atoms with Crippen LogP contribution in [0.2, 0.25) is 5.02 Å². The van der Waals surface area contributed by atoms with Gasteiger partial charge < -0.3 is 19.7 Å². The zero-order valence-corrected chi connectivity index (χ0v) is 16.0. The average molecular weight is 389 g/mol. The van der Waals surface area contributed by atoms with Gasteiger partial charge in [-0.3, -0.25) is 9.59 Å². The maximum Gasteiger partial charge on any atom is 0.254 e. The largest absolute Gasteiger partial charge is 0.497 e. The number of nitrogens with zero attached hydrogens (tertiary/aromatic N) is 1. The molecule has 0 spiro atoms. The minimum Gasteiger partial charge on any atom is -0.497 e. The van der Waals surface area contributed by atoms with Gasteiger partial charge >= 0.3 is 0 Å². The summed E-state index contributed by atoms with van der Waals surface area (Å²) < 4.78 is 10.5. The van der Waals surface area contributed by atoms with Gasteiger partial charge in [0.15, 0.2) is 0 Å². The third-order valence-corrected chi connectivity index (χ3v) is 4.78. The van der Waals surface area contributed by atoms with Crippen LogP contribution in [0.5, 0.6) is 11.5 Å². The van der Waals surface area contributed by atoms with Gasteiger partial charge in [-0.25, -0.2) is 0 Å². The number of ether oxygens (including phenoxy) is 2. The minimum atomic E-state index is -0.523. The second-order valence-electron chi connectivity index (χ2n) is 6.25. The number of likely N-dealkylation sites (tertiary alicyclic amines) is 1. The Morgan fingerprint density at radius 1 is 1.07 bits per heavy atom. The predicted octanol–water partition coefficient (Wildman–Crippen LogP) is 3.60. The lowest BCUT2D eigenvalue weighted by Gasteiger charge is -2.24. The van der Waals surface area contributed by atoms with E-state index in [2.05, 4.69) is 5.32 Å². The van der Waals surface area contributed by atoms with Crippen LogP contribution in [-0.2, 0) is 4.79 Å². The van der Waals surface area contributed by atoms with Crippen molar-refractivity contribution in [2.45, 2.75) is 18.9 Å². The zero-order valence-electron chi connectivity index (χ0n) is 15.2. The highest BCUT2D eigenvalue weighted by molar-refractivity contribution is 6.30. The van der Waals surface area contributed by atoms with Crippen molar-refractivity contribution in [3.8, 4) is 11.5 Å². The maximum absolute atomic E-state index is 13.0. The van der Waals surface area contributed by atoms with Crippen molar-refractivity contribution in [1.82, 2.24) is 4.90 Å². The van der Waals surface area contributed by atoms with E-state index in [-0.39, 0.29) is 11.8 Å². The number of amides is 2. The van der Waals surface area contributed by atoms with Gasteiger partial charge in [-0.2, -0.15) is 0 Å². The van der Waals surface area contributed by atoms with E-state index in [1.807, 2.05) is 0 Å². The first-order valence-corrected chi connectivity index (χ1v) is 9.00. The second-order valence-corrected chi connectivity index (χ2v) is 6.69. The highest BCUT2D eigenvalue weighted by Crippen LogP contribution is 2.27. The number of hydrogen-bond acceptors (Lipinski definition) is 4. The highest BCUT2D eigenvalue weighted by atomic mass is 35.5. The fourth-order valence-corrected chi connectivity index (χ4v) is 3.26. The van der Waals surface area contributed by atoms with Crippen molar-refractivity contribution in [3.63, 3.8) is 0 Å². The van der Waals surface area contributed by atoms with Crippen LogP contribution in [0, 0.1) is 0 Å². The van der Waals surface area contributed by atoms with Gasteiger partial charge in [0, 0.05) is 28.9 Å². The van der Waals surface area contributed by atoms with E-state index in [0.29, 0.717) is 40.7 Å². The molecule has 142 valence electrons. The molecule has 0 unspecified atom stereocenters. The Morgan fingerprint density at radius 3 is 2.30 bits per heavy atom. The van der Waals surface area contributed by atoms with E-state index >= 15 is 0 Å². The van der Waals surface area contributed by atoms with Gasteiger partial charge in [-0.1, -0.05) is 11.6 Å². The topological polar surface area (TPSA) is 67.9 Å². The molecule has 6 nitrogen and oxygen atoms in total. The zero-order chi connectivity index (χ0) is 19.4. The molecule has 0 aromatic heterocycles. The number of rotatable bonds is 5. The summed E-state index contributed by atoms with van der Waals surface area (Å²) in [6, 6.07) is 11.3. The average Bonchev–Trinajstić information content (AvgIpc) is 3.18. The predicted molar refractivity (Wildman–Crippen MR) is 104 cm³/mol. The molecule has 1 N–H and O–H groups in total. The smallest absolute Gasteiger partial charge is 0.254 e. The van der Waals surface area contributed by atoms with Crippen molar-refractivity contribution >= 4 is 29.1 Å². The summed E-state index contributed by atoms with van der Waals surface area (Å²) >= 11 is 5.87. The quantitative estimate of drug-likeness (QED) is 0.849. The van der Waals surface area contributed by atoms with Crippen LogP contribution in [0.1, 0.15) is 23.2 Å². The van der Waals surface area contributed by atoms with Gasteiger partial charge in [-0.15, -0.1) is 0 Å². The first-order valence-electron chi connectivity index (χ1n) is 8.62. The van der Waals surface area contributed by atoms with Gasteiger partial charge in [-0.05, 0) is 49.2 Å². The molecule has 1 atom stereocenters. The Labute approximate surface area is 163 Å². The molecule has 2 aromatic carbocycles. The van der Waals surface area contributed by atoms with Crippen LogP contribution in [0.15, 0.2) is 42.5 Å². The van der Waals surface area contributed by atoms with Gasteiger partial charge in [0.2, 0.25) is 5.91 Å². The Hall–Kier alpha value is -2.73. The Morgan fingerprint density at radius 2 is 1.70 bits per heavy atom. The molecule has 1 saturated heterocycles. The lowest BCUT2D eigenvalue weighted by atomic mass is 10.1. The first-order chi connectivity index (χ1) is 13.0. The number of hydrogen-bond donors (Lipinski definition) is 1. The molecule has 2 aromatic rings. The van der Waals surface area contributed by atoms with Crippen molar-refractivity contribution in [2.75, 3.05) is 26.1 Å². The summed E-state index contributed by atoms with van der Waals surface area (Å²) in [6.45, 7) is 0.525. The van der Waals surface area contributed by atoms with E-state index in [4.69, 9.17) is 21.1 Å². The molecule has 0 bridgehead atoms. The summed E-state index contributed by atoms with van der Waals surface area (Å²) in [4.78, 5) is 27.3. The molecular formula is C20H21ClN2O4. The molecule has 1 aliphatic heterocycles. The highest BCUT2D eigenvalue weighted by Gasteiger charge is 2.34. The molecule has 1 heterocycles. The van der Waals surface area contributed by atoms with Gasteiger partial charge in [0.1, 0.15) is 17.5 Å². The fourth-order valence-electron chi connectivity index (χ4n) is 3.14. The first kappa shape index (κ1) is 19.0. The van der Waals surface area contributed by atoms with Gasteiger partial charge in [0.25, 0.3) is 5.91 Å². The van der Waals surface area contributed by atoms with Crippen molar-refractivity contribution in [3.05, 3.63) is 53.1 Å². The molecule has 2 amide bonds. The number of carbonyl (C=O) groups excluding carboxylic acids is 2. The lowest BCUT2D eigenvalue weighted by Crippen LogP contribution is -2.43. The van der Waals surface area contributed by atoms with Crippen LogP contribution in [0.25, 0.3) is 0 Å². The van der Waals surface area contributed by atoms with Crippen LogP contribution in [-0.4, -0.2) is 43.5 Å². The maximum atomic E-state index is 13.0. The van der Waals surface area contributed by atoms with Crippen molar-refractivity contribution < 1.29 is 19.1 Å². The molecule has 0 radical (unpaired) electrons. The third-order valence-electron chi connectivity index (χ3n) is 4.53. The monoisotopic (exact) mass is 388 g/mol. The summed E-state index contributed by atoms with van der Waals surface area (Å²) in [7, 11) is 3.06. The number of anilines is 1. The van der Waals surface area contributed by atoms with Crippen molar-refractivity contribution in [2.24, 2.45) is 0 Å². The van der Waals surface area contributed by atoms with Gasteiger partial charge in [0.05, 0.1) is 14.2 Å². The molecular weight excluding hydrogens is 368 g/mol. The molecule has 3 rings (SSSR count). The molecule has 7 heteroatoms. The number of halogens is 1. The van der Waals surface area contributed by atoms with Crippen LogP contribution < -0.4 is 14.8 Å². The van der Waals surface area contributed by atoms with E-state index in [0.717, 1.165) is 6.42 Å². The molecule has 1 fully saturated rings. The SMILES string of the molecule is COc1cc(OC)cc(C(=O)N2CCC[C@@H]2C(=O)Nc2ccc(Cl)cc2)c1. The number of nitrogens with one attached hydrogen (secondary N) is 1. The van der Waals surface area contributed by atoms with Crippen LogP contribution >= 0.6 is 11.6 Å². The van der Waals surface area contributed by atoms with Crippen LogP contribution in [0.3, 0.4) is 0 Å². The minimum absolute atomic E-state index is 0.210. The van der Waals surface area contributed by atoms with E-state index in [1.54, 1.807) is 47.4 Å². The number of carbonyl (C=O) groups is 2. The Balaban J connectivity index is 1.78. The second kappa shape index (κ2) is 8.31. The molecule has 1 aliphatic rings. The van der Waals surface area contributed by atoms with Crippen molar-refractivity contribution in [1.29, 1.82) is 0 Å². The molecule has 27 heavy (non-hydrogen) atoms.